The second-order valence-corrected chi connectivity index (χ2v) is 5.62. The van der Waals surface area contributed by atoms with Crippen LogP contribution in [-0.2, 0) is 20.7 Å². The van der Waals surface area contributed by atoms with Gasteiger partial charge in [0.15, 0.2) is 0 Å². The van der Waals surface area contributed by atoms with Crippen molar-refractivity contribution in [1.82, 2.24) is 4.98 Å². The number of aromatic nitrogens is 1. The first-order valence-corrected chi connectivity index (χ1v) is 8.27. The van der Waals surface area contributed by atoms with E-state index in [-0.39, 0.29) is 19.0 Å². The Morgan fingerprint density at radius 1 is 1.17 bits per heavy atom. The van der Waals surface area contributed by atoms with Crippen molar-refractivity contribution in [2.24, 2.45) is 0 Å². The number of aryl methyl sites for hydroxylation is 2. The van der Waals surface area contributed by atoms with Crippen LogP contribution in [0.15, 0.2) is 18.2 Å². The molecule has 24 heavy (non-hydrogen) atoms. The van der Waals surface area contributed by atoms with Gasteiger partial charge >= 0.3 is 11.9 Å². The molecule has 0 bridgehead atoms. The zero-order valence-corrected chi connectivity index (χ0v) is 14.8. The number of ether oxygens (including phenoxy) is 2. The number of rotatable bonds is 6. The third-order valence-corrected chi connectivity index (χ3v) is 3.92. The number of carbonyl (C=O) groups excluding carboxylic acids is 2. The van der Waals surface area contributed by atoms with E-state index >= 15 is 0 Å². The summed E-state index contributed by atoms with van der Waals surface area (Å²) in [7, 11) is 0. The maximum atomic E-state index is 12.4. The van der Waals surface area contributed by atoms with E-state index < -0.39 is 5.97 Å². The van der Waals surface area contributed by atoms with Crippen LogP contribution in [0.4, 0.5) is 0 Å². The van der Waals surface area contributed by atoms with E-state index in [1.165, 1.54) is 0 Å². The molecule has 2 rings (SSSR count). The molecule has 0 saturated heterocycles. The molecule has 0 amide bonds. The summed E-state index contributed by atoms with van der Waals surface area (Å²) in [6.45, 7) is 5.84. The van der Waals surface area contributed by atoms with E-state index in [4.69, 9.17) is 21.1 Å². The Kier molecular flexibility index (Phi) is 6.15. The number of fused-ring (bicyclic) bond motifs is 1. The Labute approximate surface area is 145 Å². The first-order valence-electron chi connectivity index (χ1n) is 7.90. The Morgan fingerprint density at radius 3 is 2.54 bits per heavy atom. The molecular formula is C18H20ClNO4. The fourth-order valence-electron chi connectivity index (χ4n) is 2.64. The van der Waals surface area contributed by atoms with Crippen LogP contribution >= 0.6 is 11.6 Å². The van der Waals surface area contributed by atoms with Crippen molar-refractivity contribution in [3.63, 3.8) is 0 Å². The molecule has 128 valence electrons. The largest absolute Gasteiger partial charge is 0.466 e. The van der Waals surface area contributed by atoms with E-state index in [1.54, 1.807) is 32.9 Å². The van der Waals surface area contributed by atoms with Gasteiger partial charge in [0.05, 0.1) is 35.0 Å². The molecule has 0 aliphatic rings. The Bertz CT molecular complexity index is 773. The van der Waals surface area contributed by atoms with Gasteiger partial charge in [0.1, 0.15) is 0 Å². The molecule has 6 heteroatoms. The number of halogens is 1. The molecule has 2 aromatic rings. The lowest BCUT2D eigenvalue weighted by Gasteiger charge is -2.15. The highest BCUT2D eigenvalue weighted by molar-refractivity contribution is 6.35. The zero-order valence-electron chi connectivity index (χ0n) is 14.0. The van der Waals surface area contributed by atoms with E-state index in [2.05, 4.69) is 4.98 Å². The molecule has 5 nitrogen and oxygen atoms in total. The second kappa shape index (κ2) is 8.11. The summed E-state index contributed by atoms with van der Waals surface area (Å²) in [5, 5.41) is 1.25. The predicted octanol–water partition coefficient (Wildman–Crippen LogP) is 3.87. The number of hydrogen-bond donors (Lipinski definition) is 0. The summed E-state index contributed by atoms with van der Waals surface area (Å²) in [6.07, 6.45) is 0.526. The average molecular weight is 350 g/mol. The van der Waals surface area contributed by atoms with Crippen LogP contribution in [0.5, 0.6) is 0 Å². The second-order valence-electron chi connectivity index (χ2n) is 5.21. The van der Waals surface area contributed by atoms with Gasteiger partial charge in [-0.2, -0.15) is 0 Å². The molecule has 0 N–H and O–H groups in total. The molecule has 0 aliphatic heterocycles. The first-order chi connectivity index (χ1) is 11.5. The molecule has 1 aromatic heterocycles. The minimum absolute atomic E-state index is 0.172. The number of esters is 2. The fourth-order valence-corrected chi connectivity index (χ4v) is 2.86. The van der Waals surface area contributed by atoms with Crippen LogP contribution in [0.1, 0.15) is 41.9 Å². The number of para-hydroxylation sites is 1. The summed E-state index contributed by atoms with van der Waals surface area (Å²) in [6, 6.07) is 5.39. The lowest BCUT2D eigenvalue weighted by Crippen LogP contribution is -2.14. The third-order valence-electron chi connectivity index (χ3n) is 3.62. The van der Waals surface area contributed by atoms with Crippen molar-refractivity contribution in [2.75, 3.05) is 13.2 Å². The van der Waals surface area contributed by atoms with Gasteiger partial charge in [0.2, 0.25) is 0 Å². The Morgan fingerprint density at radius 2 is 1.88 bits per heavy atom. The van der Waals surface area contributed by atoms with Gasteiger partial charge < -0.3 is 9.47 Å². The maximum Gasteiger partial charge on any atom is 0.340 e. The third kappa shape index (κ3) is 3.85. The maximum absolute atomic E-state index is 12.4. The minimum atomic E-state index is -0.441. The van der Waals surface area contributed by atoms with E-state index in [9.17, 15) is 9.59 Å². The molecule has 0 unspecified atom stereocenters. The predicted molar refractivity (Wildman–Crippen MR) is 92.4 cm³/mol. The van der Waals surface area contributed by atoms with Gasteiger partial charge in [-0.25, -0.2) is 4.79 Å². The highest BCUT2D eigenvalue weighted by Gasteiger charge is 2.21. The quantitative estimate of drug-likeness (QED) is 0.741. The normalized spacial score (nSPS) is 10.7. The van der Waals surface area contributed by atoms with Crippen molar-refractivity contribution < 1.29 is 19.1 Å². The van der Waals surface area contributed by atoms with Crippen molar-refractivity contribution in [2.45, 2.75) is 33.6 Å². The van der Waals surface area contributed by atoms with Crippen LogP contribution in [-0.4, -0.2) is 30.1 Å². The SMILES string of the molecule is CCOC(=O)CCc1c(C(=O)OCC)c(C)nc2c(Cl)cccc12. The Hall–Kier alpha value is -2.14. The molecule has 0 saturated carbocycles. The number of nitrogens with zero attached hydrogens (tertiary/aromatic N) is 1. The summed E-state index contributed by atoms with van der Waals surface area (Å²) < 4.78 is 10.1. The van der Waals surface area contributed by atoms with Crippen LogP contribution in [0.2, 0.25) is 5.02 Å². The lowest BCUT2D eigenvalue weighted by molar-refractivity contribution is -0.143. The van der Waals surface area contributed by atoms with Crippen LogP contribution < -0.4 is 0 Å². The standard InChI is InChI=1S/C18H20ClNO4/c1-4-23-15(21)10-9-12-13-7-6-8-14(19)17(13)20-11(3)16(12)18(22)24-5-2/h6-8H,4-5,9-10H2,1-3H3. The fraction of sp³-hybridized carbons (Fsp3) is 0.389. The van der Waals surface area contributed by atoms with Crippen LogP contribution in [0.3, 0.4) is 0 Å². The van der Waals surface area contributed by atoms with Crippen LogP contribution in [0.25, 0.3) is 10.9 Å². The highest BCUT2D eigenvalue weighted by atomic mass is 35.5. The summed E-state index contributed by atoms with van der Waals surface area (Å²) in [4.78, 5) is 28.6. The number of hydrogen-bond acceptors (Lipinski definition) is 5. The molecule has 0 fully saturated rings. The average Bonchev–Trinajstić information content (AvgIpc) is 2.53. The van der Waals surface area contributed by atoms with Gasteiger partial charge in [0, 0.05) is 11.8 Å². The summed E-state index contributed by atoms with van der Waals surface area (Å²) in [5.74, 6) is -0.750. The molecular weight excluding hydrogens is 330 g/mol. The molecule has 0 atom stereocenters. The van der Waals surface area contributed by atoms with Gasteiger partial charge in [0.25, 0.3) is 0 Å². The van der Waals surface area contributed by atoms with Gasteiger partial charge in [-0.15, -0.1) is 0 Å². The number of carbonyl (C=O) groups is 2. The van der Waals surface area contributed by atoms with Crippen molar-refractivity contribution in [3.05, 3.63) is 40.0 Å². The van der Waals surface area contributed by atoms with E-state index in [1.807, 2.05) is 6.07 Å². The van der Waals surface area contributed by atoms with Crippen molar-refractivity contribution >= 4 is 34.4 Å². The minimum Gasteiger partial charge on any atom is -0.466 e. The monoisotopic (exact) mass is 349 g/mol. The van der Waals surface area contributed by atoms with E-state index in [0.717, 1.165) is 5.39 Å². The summed E-state index contributed by atoms with van der Waals surface area (Å²) in [5.41, 5.74) is 2.26. The zero-order chi connectivity index (χ0) is 17.7. The summed E-state index contributed by atoms with van der Waals surface area (Å²) >= 11 is 6.24. The highest BCUT2D eigenvalue weighted by Crippen LogP contribution is 2.29. The van der Waals surface area contributed by atoms with E-state index in [0.29, 0.717) is 40.4 Å². The molecule has 1 aromatic carbocycles. The molecule has 0 radical (unpaired) electrons. The lowest BCUT2D eigenvalue weighted by atomic mass is 9.96. The first kappa shape index (κ1) is 18.2. The van der Waals surface area contributed by atoms with Gasteiger partial charge in [-0.05, 0) is 38.8 Å². The van der Waals surface area contributed by atoms with Gasteiger partial charge in [-0.1, -0.05) is 23.7 Å². The number of pyridine rings is 1. The molecule has 0 spiro atoms. The van der Waals surface area contributed by atoms with Crippen LogP contribution in [0, 0.1) is 6.92 Å². The van der Waals surface area contributed by atoms with Gasteiger partial charge in [-0.3, -0.25) is 9.78 Å². The Balaban J connectivity index is 2.57. The molecule has 1 heterocycles. The smallest absolute Gasteiger partial charge is 0.340 e. The van der Waals surface area contributed by atoms with Crippen molar-refractivity contribution in [3.8, 4) is 0 Å². The topological polar surface area (TPSA) is 65.5 Å². The molecule has 0 aliphatic carbocycles. The number of benzene rings is 1. The van der Waals surface area contributed by atoms with Crippen molar-refractivity contribution in [1.29, 1.82) is 0 Å².